The van der Waals surface area contributed by atoms with Crippen molar-refractivity contribution in [2.45, 2.75) is 18.7 Å². The molecule has 1 heterocycles. The minimum Gasteiger partial charge on any atom is -0.338 e. The van der Waals surface area contributed by atoms with Crippen molar-refractivity contribution in [1.29, 1.82) is 0 Å². The number of hydrogen-bond acceptors (Lipinski definition) is 4. The first kappa shape index (κ1) is 18.8. The van der Waals surface area contributed by atoms with Gasteiger partial charge < -0.3 is 5.32 Å². The number of pyridine rings is 1. The minimum atomic E-state index is -3.72. The lowest BCUT2D eigenvalue weighted by Crippen LogP contribution is -2.28. The number of fused-ring (bicyclic) bond motifs is 1. The van der Waals surface area contributed by atoms with Gasteiger partial charge in [0, 0.05) is 18.1 Å². The van der Waals surface area contributed by atoms with Crippen LogP contribution in [0.1, 0.15) is 12.5 Å². The summed E-state index contributed by atoms with van der Waals surface area (Å²) in [4.78, 5) is 16.0. The van der Waals surface area contributed by atoms with Crippen molar-refractivity contribution in [3.05, 3.63) is 54.2 Å². The Morgan fingerprint density at radius 2 is 1.81 bits per heavy atom. The molecule has 140 valence electrons. The molecule has 0 spiro atoms. The van der Waals surface area contributed by atoms with E-state index in [-0.39, 0.29) is 10.9 Å². The second-order valence-corrected chi connectivity index (χ2v) is 7.70. The summed E-state index contributed by atoms with van der Waals surface area (Å²) in [5.74, 6) is 0.453. The third-order valence-electron chi connectivity index (χ3n) is 4.14. The Labute approximate surface area is 157 Å². The molecular weight excluding hydrogens is 364 g/mol. The minimum absolute atomic E-state index is 0.0707. The van der Waals surface area contributed by atoms with E-state index in [1.165, 1.54) is 12.1 Å². The van der Waals surface area contributed by atoms with Gasteiger partial charge in [0.15, 0.2) is 0 Å². The lowest BCUT2D eigenvalue weighted by Gasteiger charge is -2.10. The Kier molecular flexibility index (Phi) is 5.11. The van der Waals surface area contributed by atoms with Crippen molar-refractivity contribution >= 4 is 32.6 Å². The number of nitrogens with one attached hydrogen (secondary N) is 2. The fourth-order valence-corrected chi connectivity index (χ4v) is 3.35. The highest BCUT2D eigenvalue weighted by Gasteiger charge is 2.10. The van der Waals surface area contributed by atoms with Gasteiger partial charge in [-0.25, -0.2) is 23.3 Å². The van der Waals surface area contributed by atoms with Gasteiger partial charge in [-0.3, -0.25) is 5.32 Å². The lowest BCUT2D eigenvalue weighted by atomic mass is 9.98. The Morgan fingerprint density at radius 3 is 2.44 bits per heavy atom. The van der Waals surface area contributed by atoms with Crippen LogP contribution in [-0.4, -0.2) is 26.0 Å². The van der Waals surface area contributed by atoms with Crippen molar-refractivity contribution in [2.24, 2.45) is 5.14 Å². The predicted octanol–water partition coefficient (Wildman–Crippen LogP) is 3.00. The molecule has 0 aliphatic carbocycles. The maximum absolute atomic E-state index is 11.7. The molecule has 0 aliphatic heterocycles. The SMILES string of the molecule is CCNC(=O)Nc1cc2cc(-c3ccc(S(N)(=O)=O)cc3)cc(C)c2cn1. The van der Waals surface area contributed by atoms with E-state index >= 15 is 0 Å². The molecular formula is C19H20N4O3S. The van der Waals surface area contributed by atoms with Crippen molar-refractivity contribution in [3.63, 3.8) is 0 Å². The highest BCUT2D eigenvalue weighted by Crippen LogP contribution is 2.29. The molecule has 3 aromatic rings. The van der Waals surface area contributed by atoms with E-state index < -0.39 is 10.0 Å². The first-order valence-electron chi connectivity index (χ1n) is 8.36. The van der Waals surface area contributed by atoms with Crippen LogP contribution >= 0.6 is 0 Å². The van der Waals surface area contributed by atoms with Gasteiger partial charge in [-0.05, 0) is 60.2 Å². The zero-order chi connectivity index (χ0) is 19.6. The molecule has 2 aromatic carbocycles. The molecule has 0 fully saturated rings. The molecule has 0 radical (unpaired) electrons. The van der Waals surface area contributed by atoms with Crippen molar-refractivity contribution in [1.82, 2.24) is 10.3 Å². The van der Waals surface area contributed by atoms with E-state index in [2.05, 4.69) is 15.6 Å². The van der Waals surface area contributed by atoms with Gasteiger partial charge in [0.1, 0.15) is 5.82 Å². The lowest BCUT2D eigenvalue weighted by molar-refractivity contribution is 0.252. The van der Waals surface area contributed by atoms with E-state index in [0.29, 0.717) is 12.4 Å². The Morgan fingerprint density at radius 1 is 1.11 bits per heavy atom. The summed E-state index contributed by atoms with van der Waals surface area (Å²) in [6.45, 7) is 4.34. The third-order valence-corrected chi connectivity index (χ3v) is 5.07. The molecule has 0 bridgehead atoms. The van der Waals surface area contributed by atoms with Crippen LogP contribution in [0, 0.1) is 6.92 Å². The number of aromatic nitrogens is 1. The Hall–Kier alpha value is -2.97. The molecule has 4 N–H and O–H groups in total. The molecule has 1 aromatic heterocycles. The molecule has 0 unspecified atom stereocenters. The number of nitrogens with two attached hydrogens (primary N) is 1. The van der Waals surface area contributed by atoms with Gasteiger partial charge in [0.2, 0.25) is 10.0 Å². The van der Waals surface area contributed by atoms with Crippen LogP contribution in [0.25, 0.3) is 21.9 Å². The number of primary sulfonamides is 1. The van der Waals surface area contributed by atoms with Crippen LogP contribution in [0.5, 0.6) is 0 Å². The maximum atomic E-state index is 11.7. The first-order chi connectivity index (χ1) is 12.8. The van der Waals surface area contributed by atoms with Gasteiger partial charge in [-0.1, -0.05) is 18.2 Å². The second kappa shape index (κ2) is 7.34. The van der Waals surface area contributed by atoms with Crippen LogP contribution in [0.2, 0.25) is 0 Å². The number of sulfonamides is 1. The fraction of sp³-hybridized carbons (Fsp3) is 0.158. The normalized spacial score (nSPS) is 11.4. The molecule has 0 saturated heterocycles. The smallest absolute Gasteiger partial charge is 0.320 e. The number of anilines is 1. The van der Waals surface area contributed by atoms with Gasteiger partial charge >= 0.3 is 6.03 Å². The van der Waals surface area contributed by atoms with Gasteiger partial charge in [0.25, 0.3) is 0 Å². The monoisotopic (exact) mass is 384 g/mol. The Balaban J connectivity index is 2.00. The third kappa shape index (κ3) is 4.24. The zero-order valence-corrected chi connectivity index (χ0v) is 15.8. The quantitative estimate of drug-likeness (QED) is 0.641. The van der Waals surface area contributed by atoms with E-state index in [4.69, 9.17) is 5.14 Å². The summed E-state index contributed by atoms with van der Waals surface area (Å²) in [6.07, 6.45) is 1.72. The standard InChI is InChI=1S/C19H20N4O3S/c1-3-21-19(24)23-18-10-15-9-14(8-12(2)17(15)11-22-18)13-4-6-16(7-5-13)27(20,25)26/h4-11H,3H2,1-2H3,(H2,20,25,26)(H2,21,22,23,24). The summed E-state index contributed by atoms with van der Waals surface area (Å²) >= 11 is 0. The number of nitrogens with zero attached hydrogens (tertiary/aromatic N) is 1. The van der Waals surface area contributed by atoms with E-state index in [0.717, 1.165) is 27.5 Å². The highest BCUT2D eigenvalue weighted by atomic mass is 32.2. The van der Waals surface area contributed by atoms with E-state index in [9.17, 15) is 13.2 Å². The number of benzene rings is 2. The Bertz CT molecular complexity index is 1110. The molecule has 0 aliphatic rings. The number of amides is 2. The number of carbonyl (C=O) groups excluding carboxylic acids is 1. The molecule has 3 rings (SSSR count). The average Bonchev–Trinajstić information content (AvgIpc) is 2.61. The molecule has 27 heavy (non-hydrogen) atoms. The second-order valence-electron chi connectivity index (χ2n) is 6.14. The topological polar surface area (TPSA) is 114 Å². The van der Waals surface area contributed by atoms with Gasteiger partial charge in [0.05, 0.1) is 4.90 Å². The average molecular weight is 384 g/mol. The summed E-state index contributed by atoms with van der Waals surface area (Å²) in [5, 5.41) is 12.4. The van der Waals surface area contributed by atoms with Crippen LogP contribution in [0.4, 0.5) is 10.6 Å². The van der Waals surface area contributed by atoms with Crippen LogP contribution in [0.3, 0.4) is 0 Å². The summed E-state index contributed by atoms with van der Waals surface area (Å²) < 4.78 is 22.8. The van der Waals surface area contributed by atoms with Crippen LogP contribution in [-0.2, 0) is 10.0 Å². The van der Waals surface area contributed by atoms with Crippen molar-refractivity contribution < 1.29 is 13.2 Å². The van der Waals surface area contributed by atoms with Gasteiger partial charge in [-0.15, -0.1) is 0 Å². The zero-order valence-electron chi connectivity index (χ0n) is 15.0. The van der Waals surface area contributed by atoms with E-state index in [1.54, 1.807) is 24.4 Å². The van der Waals surface area contributed by atoms with Crippen LogP contribution in [0.15, 0.2) is 53.6 Å². The van der Waals surface area contributed by atoms with E-state index in [1.807, 2.05) is 26.0 Å². The molecule has 8 heteroatoms. The molecule has 7 nitrogen and oxygen atoms in total. The largest absolute Gasteiger partial charge is 0.338 e. The van der Waals surface area contributed by atoms with Gasteiger partial charge in [-0.2, -0.15) is 0 Å². The van der Waals surface area contributed by atoms with Crippen LogP contribution < -0.4 is 15.8 Å². The first-order valence-corrected chi connectivity index (χ1v) is 9.91. The number of hydrogen-bond donors (Lipinski definition) is 3. The number of urea groups is 1. The number of rotatable bonds is 4. The predicted molar refractivity (Wildman–Crippen MR) is 106 cm³/mol. The van der Waals surface area contributed by atoms with Crippen molar-refractivity contribution in [3.8, 4) is 11.1 Å². The fourth-order valence-electron chi connectivity index (χ4n) is 2.83. The number of aryl methyl sites for hydroxylation is 1. The summed E-state index contributed by atoms with van der Waals surface area (Å²) in [7, 11) is -3.72. The highest BCUT2D eigenvalue weighted by molar-refractivity contribution is 7.89. The molecule has 0 saturated carbocycles. The maximum Gasteiger partial charge on any atom is 0.320 e. The summed E-state index contributed by atoms with van der Waals surface area (Å²) in [6, 6.07) is 11.9. The summed E-state index contributed by atoms with van der Waals surface area (Å²) in [5.41, 5.74) is 2.81. The number of carbonyl (C=O) groups is 1. The van der Waals surface area contributed by atoms with Crippen molar-refractivity contribution in [2.75, 3.05) is 11.9 Å². The molecule has 0 atom stereocenters. The molecule has 2 amide bonds.